The van der Waals surface area contributed by atoms with Crippen molar-refractivity contribution in [2.24, 2.45) is 4.99 Å². The topological polar surface area (TPSA) is 21.6 Å². The van der Waals surface area contributed by atoms with Gasteiger partial charge in [-0.15, -0.1) is 11.8 Å². The number of hydrogen-bond donors (Lipinski definition) is 0. The molecular formula is C16H14BrNOS. The fourth-order valence-corrected chi connectivity index (χ4v) is 3.84. The van der Waals surface area contributed by atoms with Crippen molar-refractivity contribution in [2.75, 3.05) is 7.11 Å². The first-order valence-electron chi connectivity index (χ1n) is 6.39. The fourth-order valence-electron chi connectivity index (χ4n) is 2.26. The van der Waals surface area contributed by atoms with Crippen LogP contribution in [0.25, 0.3) is 0 Å². The molecule has 0 amide bonds. The van der Waals surface area contributed by atoms with E-state index in [1.54, 1.807) is 7.11 Å². The minimum atomic E-state index is 0.315. The maximum atomic E-state index is 5.50. The minimum Gasteiger partial charge on any atom is -0.496 e. The predicted octanol–water partition coefficient (Wildman–Crippen LogP) is 5.40. The summed E-state index contributed by atoms with van der Waals surface area (Å²) in [5, 5.41) is 0.315. The Kier molecular flexibility index (Phi) is 4.13. The Bertz CT molecular complexity index is 657. The van der Waals surface area contributed by atoms with Gasteiger partial charge in [-0.2, -0.15) is 0 Å². The summed E-state index contributed by atoms with van der Waals surface area (Å²) in [6.45, 7) is 0. The lowest BCUT2D eigenvalue weighted by molar-refractivity contribution is 0.409. The van der Waals surface area contributed by atoms with E-state index in [1.165, 1.54) is 10.5 Å². The highest BCUT2D eigenvalue weighted by Crippen LogP contribution is 2.46. The van der Waals surface area contributed by atoms with Gasteiger partial charge in [-0.3, -0.25) is 4.99 Å². The number of thioether (sulfide) groups is 1. The molecular weight excluding hydrogens is 334 g/mol. The van der Waals surface area contributed by atoms with Gasteiger partial charge in [0.1, 0.15) is 5.75 Å². The summed E-state index contributed by atoms with van der Waals surface area (Å²) in [4.78, 5) is 5.76. The van der Waals surface area contributed by atoms with Crippen LogP contribution in [0.15, 0.2) is 56.8 Å². The molecule has 102 valence electrons. The molecule has 0 aliphatic carbocycles. The zero-order valence-corrected chi connectivity index (χ0v) is 13.4. The molecule has 0 aromatic heterocycles. The third-order valence-corrected chi connectivity index (χ3v) is 5.05. The second-order valence-electron chi connectivity index (χ2n) is 4.51. The van der Waals surface area contributed by atoms with Crippen LogP contribution in [0.2, 0.25) is 0 Å². The molecule has 20 heavy (non-hydrogen) atoms. The molecule has 2 aromatic rings. The first-order valence-corrected chi connectivity index (χ1v) is 8.07. The SMILES string of the molecule is COc1ccc(Br)cc1C1CC=Nc2ccccc2S1. The molecule has 1 aliphatic rings. The Hall–Kier alpha value is -1.26. The third kappa shape index (κ3) is 2.76. The largest absolute Gasteiger partial charge is 0.496 e. The normalized spacial score (nSPS) is 17.4. The maximum absolute atomic E-state index is 5.50. The van der Waals surface area contributed by atoms with Crippen molar-refractivity contribution in [3.05, 3.63) is 52.5 Å². The number of fused-ring (bicyclic) bond motifs is 1. The summed E-state index contributed by atoms with van der Waals surface area (Å²) < 4.78 is 6.58. The molecule has 0 saturated carbocycles. The smallest absolute Gasteiger partial charge is 0.123 e. The van der Waals surface area contributed by atoms with Gasteiger partial charge in [0.15, 0.2) is 0 Å². The Morgan fingerprint density at radius 3 is 2.95 bits per heavy atom. The third-order valence-electron chi connectivity index (χ3n) is 3.22. The van der Waals surface area contributed by atoms with Gasteiger partial charge in [0.2, 0.25) is 0 Å². The predicted molar refractivity (Wildman–Crippen MR) is 88.5 cm³/mol. The summed E-state index contributed by atoms with van der Waals surface area (Å²) in [6.07, 6.45) is 2.90. The summed E-state index contributed by atoms with van der Waals surface area (Å²) >= 11 is 5.39. The number of halogens is 1. The molecule has 0 fully saturated rings. The van der Waals surface area contributed by atoms with Crippen molar-refractivity contribution in [3.63, 3.8) is 0 Å². The van der Waals surface area contributed by atoms with E-state index in [0.29, 0.717) is 5.25 Å². The average Bonchev–Trinajstić information content (AvgIpc) is 2.69. The van der Waals surface area contributed by atoms with E-state index in [2.05, 4.69) is 45.2 Å². The van der Waals surface area contributed by atoms with E-state index in [4.69, 9.17) is 4.74 Å². The highest BCUT2D eigenvalue weighted by Gasteiger charge is 2.20. The van der Waals surface area contributed by atoms with E-state index >= 15 is 0 Å². The number of nitrogens with zero attached hydrogens (tertiary/aromatic N) is 1. The van der Waals surface area contributed by atoms with E-state index < -0.39 is 0 Å². The molecule has 0 spiro atoms. The molecule has 1 heterocycles. The molecule has 1 unspecified atom stereocenters. The van der Waals surface area contributed by atoms with Crippen LogP contribution < -0.4 is 4.74 Å². The van der Waals surface area contributed by atoms with Crippen LogP contribution in [0.5, 0.6) is 5.75 Å². The van der Waals surface area contributed by atoms with E-state index in [9.17, 15) is 0 Å². The van der Waals surface area contributed by atoms with Crippen LogP contribution in [-0.2, 0) is 0 Å². The van der Waals surface area contributed by atoms with Crippen LogP contribution in [0.1, 0.15) is 17.2 Å². The zero-order chi connectivity index (χ0) is 13.9. The first kappa shape index (κ1) is 13.7. The molecule has 3 rings (SSSR count). The fraction of sp³-hybridized carbons (Fsp3) is 0.188. The molecule has 1 atom stereocenters. The lowest BCUT2D eigenvalue weighted by Crippen LogP contribution is -1.98. The van der Waals surface area contributed by atoms with Gasteiger partial charge in [0.25, 0.3) is 0 Å². The number of methoxy groups -OCH3 is 1. The summed E-state index contributed by atoms with van der Waals surface area (Å²) in [6, 6.07) is 14.4. The van der Waals surface area contributed by atoms with Gasteiger partial charge in [0.05, 0.1) is 12.8 Å². The van der Waals surface area contributed by atoms with Gasteiger partial charge in [-0.05, 0) is 36.8 Å². The minimum absolute atomic E-state index is 0.315. The molecule has 4 heteroatoms. The van der Waals surface area contributed by atoms with Gasteiger partial charge in [-0.25, -0.2) is 0 Å². The average molecular weight is 348 g/mol. The number of ether oxygens (including phenoxy) is 1. The number of rotatable bonds is 2. The highest BCUT2D eigenvalue weighted by atomic mass is 79.9. The second kappa shape index (κ2) is 6.02. The molecule has 2 nitrogen and oxygen atoms in total. The van der Waals surface area contributed by atoms with Crippen LogP contribution in [0.4, 0.5) is 5.69 Å². The molecule has 2 aromatic carbocycles. The monoisotopic (exact) mass is 347 g/mol. The number of hydrogen-bond acceptors (Lipinski definition) is 3. The van der Waals surface area contributed by atoms with E-state index in [-0.39, 0.29) is 0 Å². The molecule has 0 bridgehead atoms. The summed E-state index contributed by atoms with van der Waals surface area (Å²) in [5.41, 5.74) is 2.25. The quantitative estimate of drug-likeness (QED) is 0.725. The van der Waals surface area contributed by atoms with Crippen molar-refractivity contribution in [3.8, 4) is 5.75 Å². The van der Waals surface area contributed by atoms with Crippen molar-refractivity contribution < 1.29 is 4.74 Å². The Morgan fingerprint density at radius 1 is 1.25 bits per heavy atom. The van der Waals surface area contributed by atoms with Crippen LogP contribution >= 0.6 is 27.7 Å². The van der Waals surface area contributed by atoms with Gasteiger partial charge in [-0.1, -0.05) is 28.1 Å². The van der Waals surface area contributed by atoms with Crippen molar-refractivity contribution >= 4 is 39.6 Å². The lowest BCUT2D eigenvalue weighted by atomic mass is 10.1. The molecule has 0 N–H and O–H groups in total. The van der Waals surface area contributed by atoms with Crippen LogP contribution in [-0.4, -0.2) is 13.3 Å². The Morgan fingerprint density at radius 2 is 2.10 bits per heavy atom. The number of para-hydroxylation sites is 1. The van der Waals surface area contributed by atoms with E-state index in [1.807, 2.05) is 36.2 Å². The Labute approximate surface area is 131 Å². The highest BCUT2D eigenvalue weighted by molar-refractivity contribution is 9.10. The zero-order valence-electron chi connectivity index (χ0n) is 11.0. The summed E-state index contributed by atoms with van der Waals surface area (Å²) in [7, 11) is 1.72. The molecule has 1 aliphatic heterocycles. The van der Waals surface area contributed by atoms with Crippen molar-refractivity contribution in [1.82, 2.24) is 0 Å². The lowest BCUT2D eigenvalue weighted by Gasteiger charge is -2.17. The van der Waals surface area contributed by atoms with Crippen LogP contribution in [0.3, 0.4) is 0 Å². The van der Waals surface area contributed by atoms with Gasteiger partial charge < -0.3 is 4.74 Å². The number of aliphatic imine (C=N–C) groups is 1. The maximum Gasteiger partial charge on any atom is 0.123 e. The van der Waals surface area contributed by atoms with Crippen LogP contribution in [0, 0.1) is 0 Å². The molecule has 0 radical (unpaired) electrons. The first-order chi connectivity index (χ1) is 9.78. The van der Waals surface area contributed by atoms with Gasteiger partial charge in [0, 0.05) is 26.4 Å². The van der Waals surface area contributed by atoms with E-state index in [0.717, 1.165) is 22.3 Å². The summed E-state index contributed by atoms with van der Waals surface area (Å²) in [5.74, 6) is 0.929. The number of benzene rings is 2. The Balaban J connectivity index is 2.00. The molecule has 0 saturated heterocycles. The standard InChI is InChI=1S/C16H14BrNOS/c1-19-14-7-6-11(17)10-12(14)15-8-9-18-13-4-2-3-5-16(13)20-15/h2-7,9-10,15H,8H2,1H3. The van der Waals surface area contributed by atoms with Crippen molar-refractivity contribution in [1.29, 1.82) is 0 Å². The second-order valence-corrected chi connectivity index (χ2v) is 6.67. The van der Waals surface area contributed by atoms with Crippen molar-refractivity contribution in [2.45, 2.75) is 16.6 Å². The van der Waals surface area contributed by atoms with Gasteiger partial charge >= 0.3 is 0 Å².